The van der Waals surface area contributed by atoms with Gasteiger partial charge in [0.1, 0.15) is 0 Å². The van der Waals surface area contributed by atoms with Gasteiger partial charge in [0.15, 0.2) is 0 Å². The van der Waals surface area contributed by atoms with E-state index in [-0.39, 0.29) is 32.1 Å². The number of carbonyl (C=O) groups is 3. The van der Waals surface area contributed by atoms with Crippen LogP contribution in [0.25, 0.3) is 0 Å². The fourth-order valence-electron chi connectivity index (χ4n) is 1.19. The minimum Gasteiger partial charge on any atom is -0.355 e. The first-order valence-corrected chi connectivity index (χ1v) is 5.56. The summed E-state index contributed by atoms with van der Waals surface area (Å²) in [4.78, 5) is 35.1. The number of amides is 3. The monoisotopic (exact) mass is 253 g/mol. The van der Waals surface area contributed by atoms with E-state index in [9.17, 15) is 14.4 Å². The molecule has 0 spiro atoms. The highest BCUT2D eigenvalue weighted by Gasteiger charge is 2.19. The van der Waals surface area contributed by atoms with Gasteiger partial charge in [0.25, 0.3) is 0 Å². The van der Waals surface area contributed by atoms with Gasteiger partial charge in [-0.3, -0.25) is 14.4 Å². The molecule has 0 aromatic carbocycles. The van der Waals surface area contributed by atoms with Crippen molar-refractivity contribution in [1.29, 1.82) is 0 Å². The SMILES string of the molecule is C=CCN(CC=C)C(=O)C(=O)NCCNC(C)=O. The lowest BCUT2D eigenvalue weighted by Gasteiger charge is -2.18. The predicted octanol–water partition coefficient (Wildman–Crippen LogP) is -0.561. The molecule has 0 aliphatic carbocycles. The summed E-state index contributed by atoms with van der Waals surface area (Å²) >= 11 is 0. The fourth-order valence-corrected chi connectivity index (χ4v) is 1.19. The minimum atomic E-state index is -0.705. The largest absolute Gasteiger partial charge is 0.355 e. The first kappa shape index (κ1) is 15.9. The quantitative estimate of drug-likeness (QED) is 0.363. The molecule has 0 unspecified atom stereocenters. The van der Waals surface area contributed by atoms with E-state index < -0.39 is 11.8 Å². The van der Waals surface area contributed by atoms with E-state index in [0.29, 0.717) is 0 Å². The van der Waals surface area contributed by atoms with E-state index in [1.807, 2.05) is 0 Å². The molecule has 6 nitrogen and oxygen atoms in total. The Morgan fingerprint density at radius 3 is 2.00 bits per heavy atom. The van der Waals surface area contributed by atoms with E-state index >= 15 is 0 Å². The third-order valence-electron chi connectivity index (χ3n) is 1.96. The van der Waals surface area contributed by atoms with Gasteiger partial charge in [0.2, 0.25) is 5.91 Å². The molecular formula is C12H19N3O3. The van der Waals surface area contributed by atoms with Crippen molar-refractivity contribution in [2.75, 3.05) is 26.2 Å². The maximum Gasteiger partial charge on any atom is 0.312 e. The molecule has 0 fully saturated rings. The topological polar surface area (TPSA) is 78.5 Å². The minimum absolute atomic E-state index is 0.185. The molecule has 0 rings (SSSR count). The average Bonchev–Trinajstić information content (AvgIpc) is 2.33. The second-order valence-corrected chi connectivity index (χ2v) is 3.53. The van der Waals surface area contributed by atoms with Crippen LogP contribution < -0.4 is 10.6 Å². The molecule has 2 N–H and O–H groups in total. The molecule has 0 atom stereocenters. The molecule has 3 amide bonds. The molecule has 0 aromatic rings. The summed E-state index contributed by atoms with van der Waals surface area (Å²) in [6.45, 7) is 9.46. The van der Waals surface area contributed by atoms with Crippen LogP contribution in [0.2, 0.25) is 0 Å². The Morgan fingerprint density at radius 2 is 1.56 bits per heavy atom. The van der Waals surface area contributed by atoms with Crippen LogP contribution in [-0.4, -0.2) is 48.8 Å². The highest BCUT2D eigenvalue weighted by Crippen LogP contribution is 1.91. The van der Waals surface area contributed by atoms with Crippen molar-refractivity contribution in [3.63, 3.8) is 0 Å². The van der Waals surface area contributed by atoms with Gasteiger partial charge in [-0.2, -0.15) is 0 Å². The Hall–Kier alpha value is -2.11. The molecule has 0 aliphatic rings. The van der Waals surface area contributed by atoms with Gasteiger partial charge in [-0.1, -0.05) is 12.2 Å². The van der Waals surface area contributed by atoms with Gasteiger partial charge < -0.3 is 15.5 Å². The lowest BCUT2D eigenvalue weighted by molar-refractivity contribution is -0.145. The van der Waals surface area contributed by atoms with E-state index in [0.717, 1.165) is 0 Å². The van der Waals surface area contributed by atoms with Crippen LogP contribution in [0, 0.1) is 0 Å². The van der Waals surface area contributed by atoms with Gasteiger partial charge in [-0.05, 0) is 0 Å². The van der Waals surface area contributed by atoms with Crippen LogP contribution in [0.3, 0.4) is 0 Å². The van der Waals surface area contributed by atoms with Gasteiger partial charge in [0, 0.05) is 33.1 Å². The van der Waals surface area contributed by atoms with Crippen molar-refractivity contribution in [3.8, 4) is 0 Å². The highest BCUT2D eigenvalue weighted by atomic mass is 16.2. The Kier molecular flexibility index (Phi) is 7.92. The van der Waals surface area contributed by atoms with Crippen molar-refractivity contribution in [2.24, 2.45) is 0 Å². The smallest absolute Gasteiger partial charge is 0.312 e. The zero-order valence-electron chi connectivity index (χ0n) is 10.6. The number of hydrogen-bond acceptors (Lipinski definition) is 3. The van der Waals surface area contributed by atoms with Crippen LogP contribution in [0.1, 0.15) is 6.92 Å². The van der Waals surface area contributed by atoms with Crippen LogP contribution in [0.4, 0.5) is 0 Å². The van der Waals surface area contributed by atoms with Crippen molar-refractivity contribution < 1.29 is 14.4 Å². The molecule has 6 heteroatoms. The van der Waals surface area contributed by atoms with E-state index in [2.05, 4.69) is 23.8 Å². The molecule has 0 aromatic heterocycles. The molecule has 100 valence electrons. The molecule has 0 bridgehead atoms. The van der Waals surface area contributed by atoms with Crippen molar-refractivity contribution in [3.05, 3.63) is 25.3 Å². The normalized spacial score (nSPS) is 9.17. The van der Waals surface area contributed by atoms with E-state index in [1.54, 1.807) is 0 Å². The summed E-state index contributed by atoms with van der Waals surface area (Å²) in [5, 5.41) is 4.93. The lowest BCUT2D eigenvalue weighted by atomic mass is 10.4. The molecule has 0 saturated carbocycles. The maximum absolute atomic E-state index is 11.7. The fraction of sp³-hybridized carbons (Fsp3) is 0.417. The summed E-state index contributed by atoms with van der Waals surface area (Å²) in [5.41, 5.74) is 0. The molecule has 0 saturated heterocycles. The van der Waals surface area contributed by atoms with E-state index in [4.69, 9.17) is 0 Å². The molecular weight excluding hydrogens is 234 g/mol. The molecule has 0 radical (unpaired) electrons. The summed E-state index contributed by atoms with van der Waals surface area (Å²) in [6.07, 6.45) is 3.07. The Morgan fingerprint density at radius 1 is 1.06 bits per heavy atom. The number of nitrogens with one attached hydrogen (secondary N) is 2. The third kappa shape index (κ3) is 6.47. The van der Waals surface area contributed by atoms with Gasteiger partial charge in [0.05, 0.1) is 0 Å². The molecule has 18 heavy (non-hydrogen) atoms. The number of nitrogens with zero attached hydrogens (tertiary/aromatic N) is 1. The first-order chi connectivity index (χ1) is 8.52. The highest BCUT2D eigenvalue weighted by molar-refractivity contribution is 6.35. The van der Waals surface area contributed by atoms with Crippen LogP contribution in [-0.2, 0) is 14.4 Å². The lowest BCUT2D eigenvalue weighted by Crippen LogP contribution is -2.45. The predicted molar refractivity (Wildman–Crippen MR) is 68.7 cm³/mol. The first-order valence-electron chi connectivity index (χ1n) is 5.56. The second kappa shape index (κ2) is 8.98. The zero-order chi connectivity index (χ0) is 14.0. The third-order valence-corrected chi connectivity index (χ3v) is 1.96. The average molecular weight is 253 g/mol. The standard InChI is InChI=1S/C12H19N3O3/c1-4-8-15(9-5-2)12(18)11(17)14-7-6-13-10(3)16/h4-5H,1-2,6-9H2,3H3,(H,13,16)(H,14,17). The van der Waals surface area contributed by atoms with Gasteiger partial charge in [-0.25, -0.2) is 0 Å². The van der Waals surface area contributed by atoms with Crippen molar-refractivity contribution in [2.45, 2.75) is 6.92 Å². The summed E-state index contributed by atoms with van der Waals surface area (Å²) in [5.74, 6) is -1.53. The van der Waals surface area contributed by atoms with Gasteiger partial charge in [-0.15, -0.1) is 13.2 Å². The zero-order valence-corrected chi connectivity index (χ0v) is 10.6. The molecule has 0 heterocycles. The summed E-state index contributed by atoms with van der Waals surface area (Å²) in [6, 6.07) is 0. The van der Waals surface area contributed by atoms with E-state index in [1.165, 1.54) is 24.0 Å². The second-order valence-electron chi connectivity index (χ2n) is 3.53. The maximum atomic E-state index is 11.7. The Bertz CT molecular complexity index is 329. The van der Waals surface area contributed by atoms with Crippen LogP contribution >= 0.6 is 0 Å². The van der Waals surface area contributed by atoms with Gasteiger partial charge >= 0.3 is 11.8 Å². The van der Waals surface area contributed by atoms with Crippen molar-refractivity contribution >= 4 is 17.7 Å². The Labute approximate surface area is 107 Å². The van der Waals surface area contributed by atoms with Crippen molar-refractivity contribution in [1.82, 2.24) is 15.5 Å². The number of rotatable bonds is 7. The van der Waals surface area contributed by atoms with Crippen LogP contribution in [0.5, 0.6) is 0 Å². The summed E-state index contributed by atoms with van der Waals surface area (Å²) < 4.78 is 0. The molecule has 0 aliphatic heterocycles. The number of hydrogen-bond donors (Lipinski definition) is 2. The summed E-state index contributed by atoms with van der Waals surface area (Å²) in [7, 11) is 0. The van der Waals surface area contributed by atoms with Crippen LogP contribution in [0.15, 0.2) is 25.3 Å². The number of carbonyl (C=O) groups excluding carboxylic acids is 3. The Balaban J connectivity index is 4.13.